The minimum Gasteiger partial charge on any atom is -0.272 e. The summed E-state index contributed by atoms with van der Waals surface area (Å²) in [5, 5.41) is 4.84. The highest BCUT2D eigenvalue weighted by molar-refractivity contribution is 5.58. The summed E-state index contributed by atoms with van der Waals surface area (Å²) in [4.78, 5) is -0.0347. The average molecular weight is 259 g/mol. The van der Waals surface area contributed by atoms with E-state index < -0.39 is 18.4 Å². The highest BCUT2D eigenvalue weighted by atomic mass is 19.4. The van der Waals surface area contributed by atoms with Crippen LogP contribution in [0.5, 0.6) is 0 Å². The standard InChI is InChI=1S/C9H14F5N3/c1-4-7-16(5-15-17(7)6(2)3)9(13,14)8(10,11)12/h5-7H,4H2,1-3H3. The molecule has 8 heteroatoms. The smallest absolute Gasteiger partial charge is 0.272 e. The quantitative estimate of drug-likeness (QED) is 0.573. The second kappa shape index (κ2) is 4.30. The molecule has 0 amide bonds. The summed E-state index contributed by atoms with van der Waals surface area (Å²) >= 11 is 0. The molecule has 0 aromatic heterocycles. The monoisotopic (exact) mass is 259 g/mol. The maximum atomic E-state index is 13.2. The van der Waals surface area contributed by atoms with Crippen molar-refractivity contribution in [3.8, 4) is 0 Å². The minimum absolute atomic E-state index is 0.0347. The van der Waals surface area contributed by atoms with Crippen molar-refractivity contribution in [2.24, 2.45) is 5.10 Å². The van der Waals surface area contributed by atoms with Crippen LogP contribution in [0.2, 0.25) is 0 Å². The fourth-order valence-electron chi connectivity index (χ4n) is 1.66. The molecule has 0 N–H and O–H groups in total. The van der Waals surface area contributed by atoms with Gasteiger partial charge in [0.05, 0.1) is 0 Å². The molecule has 0 aromatic rings. The first kappa shape index (κ1) is 14.0. The number of hydrogen-bond acceptors (Lipinski definition) is 3. The second-order valence-corrected chi connectivity index (χ2v) is 4.04. The number of hydrazone groups is 1. The predicted octanol–water partition coefficient (Wildman–Crippen LogP) is 2.85. The maximum Gasteiger partial charge on any atom is 0.475 e. The third kappa shape index (κ3) is 2.30. The third-order valence-corrected chi connectivity index (χ3v) is 2.50. The van der Waals surface area contributed by atoms with Gasteiger partial charge in [-0.2, -0.15) is 27.1 Å². The van der Waals surface area contributed by atoms with Crippen LogP contribution in [0.3, 0.4) is 0 Å². The number of hydrogen-bond donors (Lipinski definition) is 0. The Labute approximate surface area is 95.9 Å². The number of halogens is 5. The Morgan fingerprint density at radius 1 is 1.24 bits per heavy atom. The third-order valence-electron chi connectivity index (χ3n) is 2.50. The molecule has 1 atom stereocenters. The zero-order valence-corrected chi connectivity index (χ0v) is 9.67. The molecule has 17 heavy (non-hydrogen) atoms. The van der Waals surface area contributed by atoms with Gasteiger partial charge in [-0.3, -0.25) is 9.91 Å². The molecule has 0 spiro atoms. The van der Waals surface area contributed by atoms with E-state index >= 15 is 0 Å². The molecule has 0 aromatic carbocycles. The van der Waals surface area contributed by atoms with Crippen molar-refractivity contribution >= 4 is 6.34 Å². The molecular formula is C9H14F5N3. The van der Waals surface area contributed by atoms with Crippen LogP contribution in [-0.2, 0) is 0 Å². The molecule has 0 radical (unpaired) electrons. The van der Waals surface area contributed by atoms with Crippen molar-refractivity contribution in [1.29, 1.82) is 0 Å². The van der Waals surface area contributed by atoms with E-state index in [1.165, 1.54) is 11.9 Å². The summed E-state index contributed by atoms with van der Waals surface area (Å²) in [6.07, 6.45) is -6.02. The van der Waals surface area contributed by atoms with Crippen LogP contribution >= 0.6 is 0 Å². The molecule has 0 bridgehead atoms. The van der Waals surface area contributed by atoms with E-state index in [-0.39, 0.29) is 17.4 Å². The summed E-state index contributed by atoms with van der Waals surface area (Å²) < 4.78 is 63.1. The van der Waals surface area contributed by atoms with Gasteiger partial charge < -0.3 is 0 Å². The lowest BCUT2D eigenvalue weighted by Crippen LogP contribution is -2.57. The van der Waals surface area contributed by atoms with Crippen LogP contribution < -0.4 is 0 Å². The van der Waals surface area contributed by atoms with E-state index in [2.05, 4.69) is 5.10 Å². The van der Waals surface area contributed by atoms with Gasteiger partial charge in [0, 0.05) is 6.04 Å². The molecule has 100 valence electrons. The lowest BCUT2D eigenvalue weighted by atomic mass is 10.2. The van der Waals surface area contributed by atoms with Crippen molar-refractivity contribution < 1.29 is 22.0 Å². The van der Waals surface area contributed by atoms with Crippen LogP contribution in [-0.4, -0.2) is 40.7 Å². The Morgan fingerprint density at radius 2 is 1.76 bits per heavy atom. The summed E-state index contributed by atoms with van der Waals surface area (Å²) in [6, 6.07) is -5.15. The van der Waals surface area contributed by atoms with Crippen LogP contribution in [0.4, 0.5) is 22.0 Å². The molecule has 3 nitrogen and oxygen atoms in total. The van der Waals surface area contributed by atoms with Gasteiger partial charge in [-0.1, -0.05) is 6.92 Å². The normalized spacial score (nSPS) is 21.8. The zero-order chi connectivity index (χ0) is 13.4. The van der Waals surface area contributed by atoms with E-state index in [0.717, 1.165) is 0 Å². The lowest BCUT2D eigenvalue weighted by Gasteiger charge is -2.36. The summed E-state index contributed by atoms with van der Waals surface area (Å²) in [6.45, 7) is 4.89. The minimum atomic E-state index is -5.61. The van der Waals surface area contributed by atoms with Gasteiger partial charge in [0.25, 0.3) is 0 Å². The summed E-state index contributed by atoms with van der Waals surface area (Å²) in [5.41, 5.74) is 0. The Kier molecular flexibility index (Phi) is 3.54. The topological polar surface area (TPSA) is 18.8 Å². The molecule has 1 aliphatic rings. The number of nitrogens with zero attached hydrogens (tertiary/aromatic N) is 3. The van der Waals surface area contributed by atoms with Crippen molar-refractivity contribution in [1.82, 2.24) is 9.91 Å². The van der Waals surface area contributed by atoms with Crippen LogP contribution in [0.15, 0.2) is 5.10 Å². The Hall–Kier alpha value is -1.08. The first-order chi connectivity index (χ1) is 7.63. The molecule has 0 fully saturated rings. The number of alkyl halides is 5. The fourth-order valence-corrected chi connectivity index (χ4v) is 1.66. The van der Waals surface area contributed by atoms with Gasteiger partial charge in [-0.25, -0.2) is 0 Å². The van der Waals surface area contributed by atoms with Crippen molar-refractivity contribution in [2.75, 3.05) is 0 Å². The molecule has 0 aliphatic carbocycles. The van der Waals surface area contributed by atoms with Gasteiger partial charge in [-0.15, -0.1) is 0 Å². The van der Waals surface area contributed by atoms with E-state index in [0.29, 0.717) is 6.34 Å². The van der Waals surface area contributed by atoms with Gasteiger partial charge in [0.1, 0.15) is 12.5 Å². The fraction of sp³-hybridized carbons (Fsp3) is 0.889. The van der Waals surface area contributed by atoms with E-state index in [9.17, 15) is 22.0 Å². The number of rotatable bonds is 3. The molecule has 0 saturated carbocycles. The highest BCUT2D eigenvalue weighted by Gasteiger charge is 2.64. The van der Waals surface area contributed by atoms with E-state index in [1.807, 2.05) is 0 Å². The Morgan fingerprint density at radius 3 is 2.12 bits per heavy atom. The molecule has 1 aliphatic heterocycles. The van der Waals surface area contributed by atoms with Crippen molar-refractivity contribution in [3.63, 3.8) is 0 Å². The van der Waals surface area contributed by atoms with Crippen molar-refractivity contribution in [2.45, 2.75) is 51.6 Å². The molecule has 0 saturated heterocycles. The van der Waals surface area contributed by atoms with Gasteiger partial charge in [0.15, 0.2) is 0 Å². The van der Waals surface area contributed by atoms with Gasteiger partial charge >= 0.3 is 12.2 Å². The highest BCUT2D eigenvalue weighted by Crippen LogP contribution is 2.41. The first-order valence-electron chi connectivity index (χ1n) is 5.18. The summed E-state index contributed by atoms with van der Waals surface area (Å²) in [7, 11) is 0. The van der Waals surface area contributed by atoms with Gasteiger partial charge in [0.2, 0.25) is 0 Å². The molecule has 1 heterocycles. The van der Waals surface area contributed by atoms with Crippen LogP contribution in [0.25, 0.3) is 0 Å². The Bertz CT molecular complexity index is 299. The summed E-state index contributed by atoms with van der Waals surface area (Å²) in [5.74, 6) is 0. The van der Waals surface area contributed by atoms with Crippen LogP contribution in [0.1, 0.15) is 27.2 Å². The molecular weight excluding hydrogens is 245 g/mol. The maximum absolute atomic E-state index is 13.2. The zero-order valence-electron chi connectivity index (χ0n) is 9.67. The second-order valence-electron chi connectivity index (χ2n) is 4.04. The average Bonchev–Trinajstić information content (AvgIpc) is 2.59. The van der Waals surface area contributed by atoms with E-state index in [1.54, 1.807) is 13.8 Å². The molecule has 1 rings (SSSR count). The Balaban J connectivity index is 2.98. The predicted molar refractivity (Wildman–Crippen MR) is 52.4 cm³/mol. The first-order valence-corrected chi connectivity index (χ1v) is 5.18. The molecule has 1 unspecified atom stereocenters. The van der Waals surface area contributed by atoms with Crippen molar-refractivity contribution in [3.05, 3.63) is 0 Å². The van der Waals surface area contributed by atoms with Crippen LogP contribution in [0, 0.1) is 0 Å². The van der Waals surface area contributed by atoms with Gasteiger partial charge in [-0.05, 0) is 20.3 Å². The largest absolute Gasteiger partial charge is 0.475 e. The lowest BCUT2D eigenvalue weighted by molar-refractivity contribution is -0.334. The SMILES string of the molecule is CCC1N(C(C)C)N=CN1C(F)(F)C(F)(F)F. The van der Waals surface area contributed by atoms with E-state index in [4.69, 9.17) is 0 Å².